The zero-order valence-electron chi connectivity index (χ0n) is 17.5. The molecule has 4 rings (SSSR count). The Labute approximate surface area is 179 Å². The molecular weight excluding hydrogens is 397 g/mol. The average Bonchev–Trinajstić information content (AvgIpc) is 3.20. The van der Waals surface area contributed by atoms with Crippen LogP contribution in [-0.2, 0) is 13.0 Å². The molecule has 3 aromatic heterocycles. The Morgan fingerprint density at radius 3 is 2.94 bits per heavy atom. The van der Waals surface area contributed by atoms with Gasteiger partial charge in [-0.05, 0) is 48.7 Å². The first-order valence-corrected chi connectivity index (χ1v) is 10.3. The van der Waals surface area contributed by atoms with E-state index in [0.717, 1.165) is 40.7 Å². The second kappa shape index (κ2) is 8.77. The first-order valence-electron chi connectivity index (χ1n) is 10.3. The lowest BCUT2D eigenvalue weighted by Crippen LogP contribution is -2.19. The molecule has 0 bridgehead atoms. The van der Waals surface area contributed by atoms with Gasteiger partial charge in [0.15, 0.2) is 0 Å². The molecule has 3 aromatic rings. The fourth-order valence-corrected chi connectivity index (χ4v) is 3.80. The first-order chi connectivity index (χ1) is 15.0. The number of amides is 1. The van der Waals surface area contributed by atoms with Crippen molar-refractivity contribution in [2.75, 3.05) is 20.1 Å². The molecule has 1 aliphatic heterocycles. The molecule has 0 unspecified atom stereocenters. The number of fused-ring (bicyclic) bond motifs is 1. The summed E-state index contributed by atoms with van der Waals surface area (Å²) in [6.07, 6.45) is 5.14. The molecule has 0 atom stereocenters. The fraction of sp³-hybridized carbons (Fsp3) is 0.304. The maximum absolute atomic E-state index is 14.3. The largest absolute Gasteiger partial charge is 0.354 e. The van der Waals surface area contributed by atoms with E-state index in [1.807, 2.05) is 25.3 Å². The zero-order chi connectivity index (χ0) is 22.0. The van der Waals surface area contributed by atoms with Crippen LogP contribution in [0.2, 0.25) is 0 Å². The van der Waals surface area contributed by atoms with Crippen molar-refractivity contribution in [3.63, 3.8) is 0 Å². The molecule has 1 amide bonds. The van der Waals surface area contributed by atoms with Crippen molar-refractivity contribution in [1.29, 1.82) is 0 Å². The van der Waals surface area contributed by atoms with Crippen LogP contribution in [0, 0.1) is 5.95 Å². The third-order valence-corrected chi connectivity index (χ3v) is 5.49. The van der Waals surface area contributed by atoms with E-state index in [1.54, 1.807) is 12.1 Å². The van der Waals surface area contributed by atoms with Gasteiger partial charge in [0.25, 0.3) is 11.5 Å². The topological polar surface area (TPSA) is 91.0 Å². The summed E-state index contributed by atoms with van der Waals surface area (Å²) >= 11 is 0. The molecule has 8 heteroatoms. The molecule has 2 N–H and O–H groups in total. The number of aryl methyl sites for hydroxylation is 1. The summed E-state index contributed by atoms with van der Waals surface area (Å²) < 4.78 is 14.3. The molecule has 7 nitrogen and oxygen atoms in total. The van der Waals surface area contributed by atoms with Crippen molar-refractivity contribution < 1.29 is 9.18 Å². The number of H-pyrrole nitrogens is 1. The van der Waals surface area contributed by atoms with Gasteiger partial charge in [0.2, 0.25) is 5.95 Å². The lowest BCUT2D eigenvalue weighted by Gasteiger charge is -2.14. The standard InChI is InChI=1S/C23H24FN5O2/c1-3-16-10-19-20(28-22(16)30)9-15(11-26-19)13-29-7-6-14(12-29)8-17-4-5-18(23(31)25-2)27-21(17)24/h4-5,8-11H,3,6-7,12-13H2,1-2H3,(H,25,31)(H,28,30)/b14-8-. The van der Waals surface area contributed by atoms with Crippen molar-refractivity contribution in [2.24, 2.45) is 0 Å². The van der Waals surface area contributed by atoms with E-state index in [0.29, 0.717) is 25.1 Å². The molecular formula is C23H24FN5O2. The third-order valence-electron chi connectivity index (χ3n) is 5.49. The third kappa shape index (κ3) is 4.54. The maximum atomic E-state index is 14.3. The second-order valence-corrected chi connectivity index (χ2v) is 7.67. The van der Waals surface area contributed by atoms with Gasteiger partial charge in [-0.3, -0.25) is 19.5 Å². The number of nitrogens with zero attached hydrogens (tertiary/aromatic N) is 3. The van der Waals surface area contributed by atoms with Crippen molar-refractivity contribution in [3.8, 4) is 0 Å². The lowest BCUT2D eigenvalue weighted by atomic mass is 10.1. The fourth-order valence-electron chi connectivity index (χ4n) is 3.80. The minimum atomic E-state index is -0.652. The van der Waals surface area contributed by atoms with Crippen LogP contribution >= 0.6 is 0 Å². The van der Waals surface area contributed by atoms with Gasteiger partial charge in [-0.25, -0.2) is 4.98 Å². The normalized spacial score (nSPS) is 15.6. The van der Waals surface area contributed by atoms with Gasteiger partial charge in [0, 0.05) is 44.0 Å². The molecule has 4 heterocycles. The number of carbonyl (C=O) groups excluding carboxylic acids is 1. The van der Waals surface area contributed by atoms with Gasteiger partial charge in [-0.15, -0.1) is 0 Å². The molecule has 1 saturated heterocycles. The second-order valence-electron chi connectivity index (χ2n) is 7.67. The molecule has 31 heavy (non-hydrogen) atoms. The highest BCUT2D eigenvalue weighted by molar-refractivity contribution is 5.92. The number of nitrogens with one attached hydrogen (secondary N) is 2. The number of rotatable bonds is 5. The zero-order valence-corrected chi connectivity index (χ0v) is 17.5. The van der Waals surface area contributed by atoms with E-state index in [9.17, 15) is 14.0 Å². The maximum Gasteiger partial charge on any atom is 0.269 e. The lowest BCUT2D eigenvalue weighted by molar-refractivity contribution is 0.0957. The number of carbonyl (C=O) groups is 1. The van der Waals surface area contributed by atoms with E-state index in [1.165, 1.54) is 13.1 Å². The quantitative estimate of drug-likeness (QED) is 0.618. The van der Waals surface area contributed by atoms with Crippen LogP contribution < -0.4 is 10.9 Å². The predicted molar refractivity (Wildman–Crippen MR) is 117 cm³/mol. The average molecular weight is 421 g/mol. The summed E-state index contributed by atoms with van der Waals surface area (Å²) in [4.78, 5) is 37.1. The van der Waals surface area contributed by atoms with Crippen LogP contribution in [0.5, 0.6) is 0 Å². The van der Waals surface area contributed by atoms with E-state index in [2.05, 4.69) is 25.2 Å². The Morgan fingerprint density at radius 2 is 2.19 bits per heavy atom. The molecule has 1 fully saturated rings. The van der Waals surface area contributed by atoms with Crippen LogP contribution in [0.25, 0.3) is 17.1 Å². The Balaban J connectivity index is 1.47. The van der Waals surface area contributed by atoms with Gasteiger partial charge < -0.3 is 10.3 Å². The molecule has 160 valence electrons. The Bertz CT molecular complexity index is 1230. The number of hydrogen-bond acceptors (Lipinski definition) is 5. The van der Waals surface area contributed by atoms with Gasteiger partial charge in [0.1, 0.15) is 5.69 Å². The predicted octanol–water partition coefficient (Wildman–Crippen LogP) is 2.67. The molecule has 1 aliphatic rings. The highest BCUT2D eigenvalue weighted by Crippen LogP contribution is 2.22. The highest BCUT2D eigenvalue weighted by Gasteiger charge is 2.18. The number of halogens is 1. The van der Waals surface area contributed by atoms with Gasteiger partial charge >= 0.3 is 0 Å². The summed E-state index contributed by atoms with van der Waals surface area (Å²) in [5.41, 5.74) is 4.72. The Morgan fingerprint density at radius 1 is 1.35 bits per heavy atom. The van der Waals surface area contributed by atoms with Crippen molar-refractivity contribution in [3.05, 3.63) is 74.7 Å². The number of likely N-dealkylation sites (tertiary alicyclic amines) is 1. The van der Waals surface area contributed by atoms with Crippen LogP contribution in [0.15, 0.2) is 40.8 Å². The van der Waals surface area contributed by atoms with Crippen molar-refractivity contribution >= 4 is 23.0 Å². The van der Waals surface area contributed by atoms with E-state index in [-0.39, 0.29) is 11.3 Å². The Hall–Kier alpha value is -3.39. The molecule has 0 aliphatic carbocycles. The van der Waals surface area contributed by atoms with Gasteiger partial charge in [-0.2, -0.15) is 4.39 Å². The molecule has 0 radical (unpaired) electrons. The monoisotopic (exact) mass is 421 g/mol. The van der Waals surface area contributed by atoms with Crippen molar-refractivity contribution in [1.82, 2.24) is 25.2 Å². The van der Waals surface area contributed by atoms with E-state index < -0.39 is 11.9 Å². The van der Waals surface area contributed by atoms with Gasteiger partial charge in [0.05, 0.1) is 11.0 Å². The SMILES string of the molecule is CCc1cc2ncc(CN3CC/C(=C/c4ccc(C(=O)NC)nc4F)C3)cc2[nH]c1=O. The van der Waals surface area contributed by atoms with Crippen molar-refractivity contribution in [2.45, 2.75) is 26.3 Å². The van der Waals surface area contributed by atoms with Crippen LogP contribution in [-0.4, -0.2) is 45.9 Å². The summed E-state index contributed by atoms with van der Waals surface area (Å²) in [7, 11) is 1.48. The highest BCUT2D eigenvalue weighted by atomic mass is 19.1. The molecule has 0 saturated carbocycles. The van der Waals surface area contributed by atoms with E-state index in [4.69, 9.17) is 0 Å². The summed E-state index contributed by atoms with van der Waals surface area (Å²) in [5.74, 6) is -1.07. The minimum Gasteiger partial charge on any atom is -0.354 e. The van der Waals surface area contributed by atoms with Gasteiger partial charge in [-0.1, -0.05) is 12.5 Å². The van der Waals surface area contributed by atoms with Crippen LogP contribution in [0.4, 0.5) is 4.39 Å². The Kier molecular flexibility index (Phi) is 5.90. The van der Waals surface area contributed by atoms with Crippen LogP contribution in [0.1, 0.15) is 40.5 Å². The first kappa shape index (κ1) is 20.9. The number of hydrogen-bond donors (Lipinski definition) is 2. The molecule has 0 spiro atoms. The van der Waals surface area contributed by atoms with E-state index >= 15 is 0 Å². The number of pyridine rings is 3. The van der Waals surface area contributed by atoms with Crippen LogP contribution in [0.3, 0.4) is 0 Å². The molecule has 0 aromatic carbocycles. The minimum absolute atomic E-state index is 0.0584. The summed E-state index contributed by atoms with van der Waals surface area (Å²) in [5, 5.41) is 2.43. The summed E-state index contributed by atoms with van der Waals surface area (Å²) in [6.45, 7) is 4.19. The number of aromatic nitrogens is 3. The number of aromatic amines is 1. The smallest absolute Gasteiger partial charge is 0.269 e. The summed E-state index contributed by atoms with van der Waals surface area (Å²) in [6, 6.07) is 6.90.